The van der Waals surface area contributed by atoms with Crippen molar-refractivity contribution in [3.05, 3.63) is 59.8 Å². The molecule has 2 heterocycles. The van der Waals surface area contributed by atoms with E-state index < -0.39 is 5.91 Å². The lowest BCUT2D eigenvalue weighted by Gasteiger charge is -2.32. The van der Waals surface area contributed by atoms with Crippen LogP contribution in [-0.2, 0) is 6.61 Å². The molecule has 4 rings (SSSR count). The molecule has 0 radical (unpaired) electrons. The van der Waals surface area contributed by atoms with Gasteiger partial charge in [0.1, 0.15) is 17.7 Å². The third-order valence-electron chi connectivity index (χ3n) is 5.36. The van der Waals surface area contributed by atoms with Crippen molar-refractivity contribution in [3.63, 3.8) is 0 Å². The molecule has 0 spiro atoms. The normalized spacial score (nSPS) is 14.7. The number of pyridine rings is 2. The van der Waals surface area contributed by atoms with Crippen molar-refractivity contribution in [1.82, 2.24) is 9.97 Å². The molecule has 0 aliphatic heterocycles. The third-order valence-corrected chi connectivity index (χ3v) is 5.36. The van der Waals surface area contributed by atoms with E-state index in [4.69, 9.17) is 16.3 Å². The molecule has 0 bridgehead atoms. The van der Waals surface area contributed by atoms with Crippen LogP contribution in [0.3, 0.4) is 0 Å². The average molecular weight is 391 g/mol. The van der Waals surface area contributed by atoms with Crippen LogP contribution in [0.4, 0.5) is 5.82 Å². The van der Waals surface area contributed by atoms with Crippen LogP contribution >= 0.6 is 0 Å². The molecule has 7 nitrogen and oxygen atoms in total. The molecule has 3 aromatic rings. The largest absolute Gasteiger partial charge is 0.486 e. The zero-order valence-corrected chi connectivity index (χ0v) is 16.3. The molecule has 2 aromatic heterocycles. The van der Waals surface area contributed by atoms with Crippen molar-refractivity contribution in [2.24, 2.45) is 11.6 Å². The fourth-order valence-electron chi connectivity index (χ4n) is 3.86. The summed E-state index contributed by atoms with van der Waals surface area (Å²) < 4.78 is 6.09. The fraction of sp³-hybridized carbons (Fsp3) is 0.318. The minimum Gasteiger partial charge on any atom is -0.486 e. The van der Waals surface area contributed by atoms with Gasteiger partial charge in [0.05, 0.1) is 5.52 Å². The van der Waals surface area contributed by atoms with Gasteiger partial charge in [-0.25, -0.2) is 10.8 Å². The van der Waals surface area contributed by atoms with Crippen LogP contribution in [-0.4, -0.2) is 21.9 Å². The van der Waals surface area contributed by atoms with Crippen LogP contribution < -0.4 is 21.3 Å². The highest BCUT2D eigenvalue weighted by Crippen LogP contribution is 2.35. The van der Waals surface area contributed by atoms with E-state index >= 15 is 0 Å². The van der Waals surface area contributed by atoms with Crippen molar-refractivity contribution in [3.8, 4) is 5.75 Å². The summed E-state index contributed by atoms with van der Waals surface area (Å²) in [6, 6.07) is 13.5. The number of carbonyl (C=O) groups excluding carboxylic acids is 1. The minimum absolute atomic E-state index is 0.116. The number of hydrogen-bond acceptors (Lipinski definition) is 6. The van der Waals surface area contributed by atoms with Gasteiger partial charge >= 0.3 is 0 Å². The predicted octanol–water partition coefficient (Wildman–Crippen LogP) is 3.32. The Hall–Kier alpha value is -3.19. The number of anilines is 1. The van der Waals surface area contributed by atoms with E-state index in [1.807, 2.05) is 36.4 Å². The van der Waals surface area contributed by atoms with Crippen LogP contribution in [0, 0.1) is 0 Å². The topological polar surface area (TPSA) is 107 Å². The molecular weight excluding hydrogens is 366 g/mol. The maximum atomic E-state index is 12.5. The number of carbonyl (C=O) groups is 1. The highest BCUT2D eigenvalue weighted by Gasteiger charge is 2.28. The van der Waals surface area contributed by atoms with E-state index in [0.717, 1.165) is 31.2 Å². The Labute approximate surface area is 169 Å². The second kappa shape index (κ2) is 8.45. The molecule has 0 atom stereocenters. The molecular formula is C22H25N5O2. The van der Waals surface area contributed by atoms with Gasteiger partial charge in [0.15, 0.2) is 11.6 Å². The Balaban J connectivity index is 1.80. The average Bonchev–Trinajstić information content (AvgIpc) is 2.77. The molecule has 1 saturated carbocycles. The number of primary amides is 1. The Bertz CT molecular complexity index is 1000. The second-order valence-corrected chi connectivity index (χ2v) is 7.35. The van der Waals surface area contributed by atoms with Gasteiger partial charge in [-0.15, -0.1) is 0 Å². The van der Waals surface area contributed by atoms with Crippen LogP contribution in [0.1, 0.15) is 48.0 Å². The summed E-state index contributed by atoms with van der Waals surface area (Å²) in [5.74, 6) is 6.51. The van der Waals surface area contributed by atoms with E-state index in [0.29, 0.717) is 22.6 Å². The monoisotopic (exact) mass is 391 g/mol. The van der Waals surface area contributed by atoms with E-state index in [1.54, 1.807) is 17.3 Å². The van der Waals surface area contributed by atoms with Crippen LogP contribution in [0.2, 0.25) is 0 Å². The first-order chi connectivity index (χ1) is 14.1. The van der Waals surface area contributed by atoms with Gasteiger partial charge in [-0.2, -0.15) is 0 Å². The van der Waals surface area contributed by atoms with Crippen molar-refractivity contribution < 1.29 is 9.53 Å². The second-order valence-electron chi connectivity index (χ2n) is 7.35. The number of hydrogen-bond donors (Lipinski definition) is 2. The lowest BCUT2D eigenvalue weighted by Crippen LogP contribution is -2.44. The molecule has 7 heteroatoms. The minimum atomic E-state index is -0.630. The summed E-state index contributed by atoms with van der Waals surface area (Å²) in [4.78, 5) is 21.5. The summed E-state index contributed by atoms with van der Waals surface area (Å²) >= 11 is 0. The highest BCUT2D eigenvalue weighted by atomic mass is 16.5. The van der Waals surface area contributed by atoms with Crippen LogP contribution in [0.15, 0.2) is 48.7 Å². The quantitative estimate of drug-likeness (QED) is 0.493. The fourth-order valence-corrected chi connectivity index (χ4v) is 3.86. The van der Waals surface area contributed by atoms with E-state index in [-0.39, 0.29) is 18.2 Å². The smallest absolute Gasteiger partial charge is 0.256 e. The first-order valence-electron chi connectivity index (χ1n) is 9.94. The Morgan fingerprint density at radius 1 is 1.10 bits per heavy atom. The summed E-state index contributed by atoms with van der Waals surface area (Å²) in [5.41, 5.74) is 8.04. The Kier molecular flexibility index (Phi) is 5.57. The van der Waals surface area contributed by atoms with Gasteiger partial charge in [-0.05, 0) is 30.5 Å². The number of ether oxygens (including phenoxy) is 1. The standard InChI is InChI=1S/C22H25N5O2/c23-21(28)18-20(29-14-15-8-3-1-4-9-15)19-17(12-7-13-25-19)26-22(18)27(24)16-10-5-2-6-11-16/h1,3-4,7-9,12-13,16H,2,5-6,10-11,14,24H2,(H2,23,28). The van der Waals surface area contributed by atoms with E-state index in [9.17, 15) is 4.79 Å². The van der Waals surface area contributed by atoms with Gasteiger partial charge in [0.25, 0.3) is 5.91 Å². The van der Waals surface area contributed by atoms with E-state index in [2.05, 4.69) is 9.97 Å². The van der Waals surface area contributed by atoms with Gasteiger partial charge in [0.2, 0.25) is 0 Å². The molecule has 1 amide bonds. The summed E-state index contributed by atoms with van der Waals surface area (Å²) in [6.45, 7) is 0.282. The highest BCUT2D eigenvalue weighted by molar-refractivity contribution is 6.05. The summed E-state index contributed by atoms with van der Waals surface area (Å²) in [5, 5.41) is 1.60. The van der Waals surface area contributed by atoms with Gasteiger partial charge in [0, 0.05) is 12.2 Å². The number of hydrazine groups is 1. The van der Waals surface area contributed by atoms with E-state index in [1.165, 1.54) is 6.42 Å². The predicted molar refractivity (Wildman–Crippen MR) is 112 cm³/mol. The molecule has 0 saturated heterocycles. The number of nitrogens with two attached hydrogens (primary N) is 2. The number of amides is 1. The molecule has 1 aromatic carbocycles. The number of fused-ring (bicyclic) bond motifs is 1. The molecule has 1 aliphatic rings. The Morgan fingerprint density at radius 2 is 1.86 bits per heavy atom. The van der Waals surface area contributed by atoms with Gasteiger partial charge in [-0.1, -0.05) is 49.6 Å². The van der Waals surface area contributed by atoms with Crippen molar-refractivity contribution in [2.45, 2.75) is 44.8 Å². The third kappa shape index (κ3) is 4.00. The lowest BCUT2D eigenvalue weighted by atomic mass is 9.95. The van der Waals surface area contributed by atoms with Crippen LogP contribution in [0.5, 0.6) is 5.75 Å². The lowest BCUT2D eigenvalue weighted by molar-refractivity contribution is 0.0996. The number of aromatic nitrogens is 2. The SMILES string of the molecule is NC(=O)c1c(N(N)C2CCCCC2)nc2cccnc2c1OCc1ccccc1. The van der Waals surface area contributed by atoms with Crippen LogP contribution in [0.25, 0.3) is 11.0 Å². The maximum Gasteiger partial charge on any atom is 0.256 e. The van der Waals surface area contributed by atoms with Crippen molar-refractivity contribution in [1.29, 1.82) is 0 Å². The first kappa shape index (κ1) is 19.1. The molecule has 0 unspecified atom stereocenters. The summed E-state index contributed by atoms with van der Waals surface area (Å²) in [7, 11) is 0. The van der Waals surface area contributed by atoms with Gasteiger partial charge < -0.3 is 10.5 Å². The maximum absolute atomic E-state index is 12.5. The molecule has 150 valence electrons. The van der Waals surface area contributed by atoms with Gasteiger partial charge in [-0.3, -0.25) is 14.8 Å². The number of benzene rings is 1. The zero-order chi connectivity index (χ0) is 20.2. The molecule has 1 aliphatic carbocycles. The van der Waals surface area contributed by atoms with Crippen molar-refractivity contribution in [2.75, 3.05) is 5.01 Å². The molecule has 4 N–H and O–H groups in total. The number of nitrogens with zero attached hydrogens (tertiary/aromatic N) is 3. The first-order valence-corrected chi connectivity index (χ1v) is 9.94. The molecule has 1 fully saturated rings. The zero-order valence-electron chi connectivity index (χ0n) is 16.3. The summed E-state index contributed by atoms with van der Waals surface area (Å²) in [6.07, 6.45) is 6.98. The molecule has 29 heavy (non-hydrogen) atoms. The van der Waals surface area contributed by atoms with Crippen molar-refractivity contribution >= 4 is 22.8 Å². The Morgan fingerprint density at radius 3 is 2.59 bits per heavy atom. The number of rotatable bonds is 6.